The average Bonchev–Trinajstić information content (AvgIpc) is 2.41. The summed E-state index contributed by atoms with van der Waals surface area (Å²) in [5.41, 5.74) is 2.45. The summed E-state index contributed by atoms with van der Waals surface area (Å²) in [6.45, 7) is 4.23. The molecular weight excluding hydrogens is 238 g/mol. The van der Waals surface area contributed by atoms with Crippen LogP contribution in [0.25, 0.3) is 0 Å². The molecule has 1 fully saturated rings. The van der Waals surface area contributed by atoms with Crippen molar-refractivity contribution in [1.82, 2.24) is 0 Å². The zero-order valence-electron chi connectivity index (χ0n) is 11.8. The van der Waals surface area contributed by atoms with Gasteiger partial charge in [-0.25, -0.2) is 4.79 Å². The smallest absolute Gasteiger partial charge is 0.335 e. The molecule has 0 saturated heterocycles. The first-order valence-electron chi connectivity index (χ1n) is 7.20. The molecule has 2 atom stereocenters. The minimum absolute atomic E-state index is 0.359. The maximum absolute atomic E-state index is 10.9. The summed E-state index contributed by atoms with van der Waals surface area (Å²) in [6, 6.07) is 5.85. The molecule has 1 saturated carbocycles. The van der Waals surface area contributed by atoms with Gasteiger partial charge in [-0.1, -0.05) is 26.2 Å². The fourth-order valence-corrected chi connectivity index (χ4v) is 2.97. The lowest BCUT2D eigenvalue weighted by molar-refractivity contribution is 0.0697. The van der Waals surface area contributed by atoms with E-state index in [1.165, 1.54) is 32.1 Å². The lowest BCUT2D eigenvalue weighted by Gasteiger charge is -2.30. The van der Waals surface area contributed by atoms with E-state index in [1.54, 1.807) is 12.1 Å². The Bertz CT molecular complexity index is 456. The molecule has 1 aliphatic rings. The predicted molar refractivity (Wildman–Crippen MR) is 77.8 cm³/mol. The van der Waals surface area contributed by atoms with Crippen LogP contribution in [0.4, 0.5) is 5.69 Å². The van der Waals surface area contributed by atoms with E-state index >= 15 is 0 Å². The third-order valence-corrected chi connectivity index (χ3v) is 4.19. The molecule has 1 aliphatic carbocycles. The first-order valence-corrected chi connectivity index (χ1v) is 7.20. The Morgan fingerprint density at radius 1 is 1.42 bits per heavy atom. The number of aryl methyl sites for hydroxylation is 1. The van der Waals surface area contributed by atoms with Gasteiger partial charge in [0.1, 0.15) is 0 Å². The highest BCUT2D eigenvalue weighted by Crippen LogP contribution is 2.29. The van der Waals surface area contributed by atoms with Gasteiger partial charge in [-0.2, -0.15) is 0 Å². The molecule has 0 amide bonds. The van der Waals surface area contributed by atoms with Crippen LogP contribution in [-0.2, 0) is 0 Å². The number of hydrogen-bond donors (Lipinski definition) is 2. The first kappa shape index (κ1) is 13.9. The van der Waals surface area contributed by atoms with Gasteiger partial charge < -0.3 is 10.4 Å². The number of nitrogens with one attached hydrogen (secondary N) is 1. The van der Waals surface area contributed by atoms with Crippen molar-refractivity contribution in [1.29, 1.82) is 0 Å². The lowest BCUT2D eigenvalue weighted by atomic mass is 9.84. The SMILES string of the molecule is CCC1CCCC(Nc2ccc(C(=O)O)cc2C)C1. The third-order valence-electron chi connectivity index (χ3n) is 4.19. The molecule has 3 heteroatoms. The van der Waals surface area contributed by atoms with E-state index in [0.29, 0.717) is 11.6 Å². The summed E-state index contributed by atoms with van der Waals surface area (Å²) in [7, 11) is 0. The second-order valence-electron chi connectivity index (χ2n) is 5.62. The van der Waals surface area contributed by atoms with Crippen LogP contribution in [0.1, 0.15) is 54.9 Å². The molecule has 19 heavy (non-hydrogen) atoms. The van der Waals surface area contributed by atoms with Gasteiger partial charge in [-0.05, 0) is 49.4 Å². The monoisotopic (exact) mass is 261 g/mol. The number of hydrogen-bond acceptors (Lipinski definition) is 2. The number of benzene rings is 1. The Balaban J connectivity index is 2.04. The number of rotatable bonds is 4. The summed E-state index contributed by atoms with van der Waals surface area (Å²) in [5, 5.41) is 12.6. The molecule has 0 bridgehead atoms. The standard InChI is InChI=1S/C16H23NO2/c1-3-12-5-4-6-14(10-12)17-15-8-7-13(16(18)19)9-11(15)2/h7-9,12,14,17H,3-6,10H2,1-2H3,(H,18,19). The molecule has 2 rings (SSSR count). The minimum Gasteiger partial charge on any atom is -0.478 e. The largest absolute Gasteiger partial charge is 0.478 e. The molecule has 104 valence electrons. The van der Waals surface area contributed by atoms with E-state index in [4.69, 9.17) is 5.11 Å². The zero-order chi connectivity index (χ0) is 13.8. The fourth-order valence-electron chi connectivity index (χ4n) is 2.97. The number of carboxylic acid groups (broad SMARTS) is 1. The van der Waals surface area contributed by atoms with Crippen LogP contribution < -0.4 is 5.32 Å². The van der Waals surface area contributed by atoms with E-state index < -0.39 is 5.97 Å². The summed E-state index contributed by atoms with van der Waals surface area (Å²) in [4.78, 5) is 10.9. The molecule has 2 N–H and O–H groups in total. The highest BCUT2D eigenvalue weighted by atomic mass is 16.4. The number of carboxylic acids is 1. The van der Waals surface area contributed by atoms with Crippen LogP contribution in [0, 0.1) is 12.8 Å². The van der Waals surface area contributed by atoms with Crippen molar-refractivity contribution in [3.8, 4) is 0 Å². The van der Waals surface area contributed by atoms with Gasteiger partial charge in [-0.3, -0.25) is 0 Å². The molecule has 3 nitrogen and oxygen atoms in total. The molecule has 0 aliphatic heterocycles. The number of carbonyl (C=O) groups is 1. The summed E-state index contributed by atoms with van der Waals surface area (Å²) < 4.78 is 0. The molecular formula is C16H23NO2. The van der Waals surface area contributed by atoms with Crippen LogP contribution in [0.2, 0.25) is 0 Å². The van der Waals surface area contributed by atoms with E-state index in [0.717, 1.165) is 17.2 Å². The van der Waals surface area contributed by atoms with Gasteiger partial charge in [0.15, 0.2) is 0 Å². The van der Waals surface area contributed by atoms with Crippen molar-refractivity contribution in [3.05, 3.63) is 29.3 Å². The molecule has 0 heterocycles. The third kappa shape index (κ3) is 3.49. The average molecular weight is 261 g/mol. The maximum Gasteiger partial charge on any atom is 0.335 e. The molecule has 2 unspecified atom stereocenters. The van der Waals surface area contributed by atoms with Crippen molar-refractivity contribution < 1.29 is 9.90 Å². The first-order chi connectivity index (χ1) is 9.10. The highest BCUT2D eigenvalue weighted by molar-refractivity contribution is 5.88. The maximum atomic E-state index is 10.9. The second-order valence-corrected chi connectivity index (χ2v) is 5.62. The fraction of sp³-hybridized carbons (Fsp3) is 0.562. The van der Waals surface area contributed by atoms with E-state index in [9.17, 15) is 4.79 Å². The topological polar surface area (TPSA) is 49.3 Å². The summed E-state index contributed by atoms with van der Waals surface area (Å²) >= 11 is 0. The minimum atomic E-state index is -0.863. The van der Waals surface area contributed by atoms with E-state index in [1.807, 2.05) is 13.0 Å². The normalized spacial score (nSPS) is 23.1. The van der Waals surface area contributed by atoms with Crippen LogP contribution in [0.3, 0.4) is 0 Å². The summed E-state index contributed by atoms with van der Waals surface area (Å²) in [6.07, 6.45) is 6.36. The predicted octanol–water partition coefficient (Wildman–Crippen LogP) is 4.07. The van der Waals surface area contributed by atoms with Gasteiger partial charge in [0.25, 0.3) is 0 Å². The second kappa shape index (κ2) is 6.09. The molecule has 1 aromatic carbocycles. The summed E-state index contributed by atoms with van der Waals surface area (Å²) in [5.74, 6) is -0.0248. The molecule has 1 aromatic rings. The van der Waals surface area contributed by atoms with Crippen molar-refractivity contribution in [2.75, 3.05) is 5.32 Å². The zero-order valence-corrected chi connectivity index (χ0v) is 11.8. The van der Waals surface area contributed by atoms with Gasteiger partial charge in [0.2, 0.25) is 0 Å². The molecule has 0 aromatic heterocycles. The van der Waals surface area contributed by atoms with Gasteiger partial charge in [-0.15, -0.1) is 0 Å². The van der Waals surface area contributed by atoms with Crippen LogP contribution in [0.15, 0.2) is 18.2 Å². The Labute approximate surface area is 115 Å². The van der Waals surface area contributed by atoms with E-state index in [2.05, 4.69) is 12.2 Å². The van der Waals surface area contributed by atoms with E-state index in [-0.39, 0.29) is 0 Å². The van der Waals surface area contributed by atoms with Crippen molar-refractivity contribution in [3.63, 3.8) is 0 Å². The Kier molecular flexibility index (Phi) is 4.46. The Morgan fingerprint density at radius 2 is 2.21 bits per heavy atom. The van der Waals surface area contributed by atoms with Crippen LogP contribution in [-0.4, -0.2) is 17.1 Å². The van der Waals surface area contributed by atoms with Crippen LogP contribution in [0.5, 0.6) is 0 Å². The number of aromatic carboxylic acids is 1. The van der Waals surface area contributed by atoms with Crippen molar-refractivity contribution >= 4 is 11.7 Å². The van der Waals surface area contributed by atoms with Gasteiger partial charge in [0, 0.05) is 11.7 Å². The lowest BCUT2D eigenvalue weighted by Crippen LogP contribution is -2.27. The highest BCUT2D eigenvalue weighted by Gasteiger charge is 2.21. The van der Waals surface area contributed by atoms with Gasteiger partial charge >= 0.3 is 5.97 Å². The van der Waals surface area contributed by atoms with Gasteiger partial charge in [0.05, 0.1) is 5.56 Å². The number of anilines is 1. The Hall–Kier alpha value is -1.51. The Morgan fingerprint density at radius 3 is 2.84 bits per heavy atom. The molecule has 0 spiro atoms. The van der Waals surface area contributed by atoms with Crippen molar-refractivity contribution in [2.24, 2.45) is 5.92 Å². The van der Waals surface area contributed by atoms with Crippen molar-refractivity contribution in [2.45, 2.75) is 52.0 Å². The quantitative estimate of drug-likeness (QED) is 0.858. The van der Waals surface area contributed by atoms with Crippen LogP contribution >= 0.6 is 0 Å². The molecule has 0 radical (unpaired) electrons.